The van der Waals surface area contributed by atoms with Gasteiger partial charge in [0.05, 0.1) is 51.5 Å². The SMILES string of the molecule is [2H]c1cc(-c2cccc(-c3c([2H])c([2H])c([2H])c([2H])c3[2H])c2N2CN(c3cccc(Oc4ccc5c6cc(-n7c8ccccc8c8ccccc87)ccc6n(-c6cc(C(C)(C)C)ccn6)c5c4)c3)c3ccccc32)c([2H])c([2H])c1[2H]. The van der Waals surface area contributed by atoms with Gasteiger partial charge in [0.25, 0.3) is 0 Å². The number of para-hydroxylation sites is 5. The van der Waals surface area contributed by atoms with Gasteiger partial charge in [-0.2, -0.15) is 0 Å². The minimum absolute atomic E-state index is 0.0349. The fourth-order valence-electron chi connectivity index (χ4n) is 10.2. The first-order chi connectivity index (χ1) is 38.1. The summed E-state index contributed by atoms with van der Waals surface area (Å²) in [5.41, 5.74) is 9.79. The third-order valence-electron chi connectivity index (χ3n) is 13.4. The fraction of sp³-hybridized carbons (Fsp3) is 0.0781. The summed E-state index contributed by atoms with van der Waals surface area (Å²) in [6.07, 6.45) is 1.88. The molecule has 0 unspecified atom stereocenters. The number of anilines is 4. The molecule has 336 valence electrons. The molecule has 12 aromatic rings. The first-order valence-corrected chi connectivity index (χ1v) is 23.3. The van der Waals surface area contributed by atoms with E-state index in [2.05, 4.69) is 126 Å². The second kappa shape index (κ2) is 16.4. The molecule has 0 saturated heterocycles. The summed E-state index contributed by atoms with van der Waals surface area (Å²) in [4.78, 5) is 9.04. The zero-order valence-corrected chi connectivity index (χ0v) is 38.6. The molecule has 70 heavy (non-hydrogen) atoms. The van der Waals surface area contributed by atoms with Crippen LogP contribution in [0.15, 0.2) is 230 Å². The maximum Gasteiger partial charge on any atom is 0.137 e. The van der Waals surface area contributed by atoms with E-state index in [0.29, 0.717) is 28.3 Å². The predicted molar refractivity (Wildman–Crippen MR) is 291 cm³/mol. The van der Waals surface area contributed by atoms with Crippen molar-refractivity contribution < 1.29 is 17.1 Å². The highest BCUT2D eigenvalue weighted by Gasteiger charge is 2.31. The molecule has 0 amide bonds. The molecule has 0 atom stereocenters. The first kappa shape index (κ1) is 32.8. The number of benzene rings is 9. The van der Waals surface area contributed by atoms with Crippen molar-refractivity contribution in [2.45, 2.75) is 26.2 Å². The van der Waals surface area contributed by atoms with E-state index >= 15 is 0 Å². The molecule has 6 nitrogen and oxygen atoms in total. The van der Waals surface area contributed by atoms with Crippen molar-refractivity contribution in [3.05, 3.63) is 236 Å². The first-order valence-electron chi connectivity index (χ1n) is 27.8. The molecule has 0 fully saturated rings. The number of hydrogen-bond donors (Lipinski definition) is 0. The van der Waals surface area contributed by atoms with Gasteiger partial charge < -0.3 is 19.1 Å². The highest BCUT2D eigenvalue weighted by molar-refractivity contribution is 6.12. The molecule has 9 aromatic carbocycles. The third-order valence-corrected chi connectivity index (χ3v) is 13.4. The van der Waals surface area contributed by atoms with Gasteiger partial charge in [-0.1, -0.05) is 154 Å². The van der Waals surface area contributed by atoms with Crippen LogP contribution < -0.4 is 14.5 Å². The standard InChI is InChI=1S/C64H49N5O/c1-64(2,3)45-36-37-65-62(38-45)69-58-35-32-47(68-56-28-12-10-24-52(56)53-25-11-13-29-57(53)68)40-55(58)54-34-33-49(41-61(54)69)70-48-23-16-22-46(39-48)66-42-67(60-31-15-14-30-59(60)66)63-50(43-18-6-4-7-19-43)26-17-27-51(63)44-20-8-5-9-21-44/h4-41H,42H2,1-3H3/i4D,5D,6D,7D,8D,9D,18D,19D,20D. The van der Waals surface area contributed by atoms with Crippen LogP contribution in [0, 0.1) is 0 Å². The lowest BCUT2D eigenvalue weighted by Crippen LogP contribution is -2.24. The zero-order valence-electron chi connectivity index (χ0n) is 47.6. The molecule has 4 heterocycles. The van der Waals surface area contributed by atoms with Crippen molar-refractivity contribution in [1.29, 1.82) is 0 Å². The second-order valence-electron chi connectivity index (χ2n) is 18.6. The number of nitrogens with zero attached hydrogens (tertiary/aromatic N) is 5. The molecule has 0 N–H and O–H groups in total. The van der Waals surface area contributed by atoms with E-state index in [1.54, 1.807) is 18.2 Å². The number of hydrogen-bond acceptors (Lipinski definition) is 4. The van der Waals surface area contributed by atoms with Gasteiger partial charge in [0, 0.05) is 62.4 Å². The number of ether oxygens (including phenoxy) is 1. The quantitative estimate of drug-likeness (QED) is 0.152. The summed E-state index contributed by atoms with van der Waals surface area (Å²) in [5, 5.41) is 4.48. The lowest BCUT2D eigenvalue weighted by atomic mass is 9.88. The van der Waals surface area contributed by atoms with E-state index < -0.39 is 36.3 Å². The van der Waals surface area contributed by atoms with Crippen LogP contribution >= 0.6 is 0 Å². The number of aromatic nitrogens is 3. The van der Waals surface area contributed by atoms with E-state index in [1.807, 2.05) is 65.7 Å². The fourth-order valence-corrected chi connectivity index (χ4v) is 10.2. The molecule has 6 heteroatoms. The van der Waals surface area contributed by atoms with E-state index in [4.69, 9.17) is 22.1 Å². The Balaban J connectivity index is 0.924. The lowest BCUT2D eigenvalue weighted by Gasteiger charge is -2.27. The average molecular weight is 913 g/mol. The molecule has 0 spiro atoms. The minimum atomic E-state index is -0.524. The Labute approximate surface area is 420 Å². The van der Waals surface area contributed by atoms with Crippen molar-refractivity contribution >= 4 is 66.4 Å². The normalized spacial score (nSPS) is 14.5. The molecule has 0 saturated carbocycles. The Morgan fingerprint density at radius 2 is 1.11 bits per heavy atom. The van der Waals surface area contributed by atoms with E-state index in [9.17, 15) is 0 Å². The average Bonchev–Trinajstić information content (AvgIpc) is 4.32. The summed E-state index contributed by atoms with van der Waals surface area (Å²) in [5.74, 6) is 1.96. The molecule has 0 bridgehead atoms. The molecular formula is C64H49N5O. The second-order valence-corrected chi connectivity index (χ2v) is 18.6. The van der Waals surface area contributed by atoms with Gasteiger partial charge >= 0.3 is 0 Å². The Morgan fingerprint density at radius 3 is 1.89 bits per heavy atom. The maximum absolute atomic E-state index is 9.09. The van der Waals surface area contributed by atoms with E-state index in [1.165, 1.54) is 16.8 Å². The smallest absolute Gasteiger partial charge is 0.137 e. The Kier molecular flexibility index (Phi) is 7.69. The summed E-state index contributed by atoms with van der Waals surface area (Å²) < 4.78 is 89.9. The summed E-state index contributed by atoms with van der Waals surface area (Å²) in [6, 6.07) is 52.5. The monoisotopic (exact) mass is 912 g/mol. The molecule has 13 rings (SSSR count). The van der Waals surface area contributed by atoms with Crippen molar-refractivity contribution in [3.8, 4) is 45.3 Å². The third kappa shape index (κ3) is 6.90. The van der Waals surface area contributed by atoms with Crippen molar-refractivity contribution in [3.63, 3.8) is 0 Å². The van der Waals surface area contributed by atoms with Gasteiger partial charge in [0.15, 0.2) is 0 Å². The van der Waals surface area contributed by atoms with Crippen LogP contribution in [0.4, 0.5) is 22.7 Å². The molecular weight excluding hydrogens is 855 g/mol. The van der Waals surface area contributed by atoms with Crippen molar-refractivity contribution in [2.24, 2.45) is 0 Å². The van der Waals surface area contributed by atoms with Gasteiger partial charge in [-0.15, -0.1) is 0 Å². The van der Waals surface area contributed by atoms with E-state index in [0.717, 1.165) is 67.0 Å². The van der Waals surface area contributed by atoms with Gasteiger partial charge in [0.2, 0.25) is 0 Å². The Morgan fingerprint density at radius 1 is 0.471 bits per heavy atom. The van der Waals surface area contributed by atoms with Crippen molar-refractivity contribution in [1.82, 2.24) is 14.1 Å². The van der Waals surface area contributed by atoms with Crippen molar-refractivity contribution in [2.75, 3.05) is 16.5 Å². The largest absolute Gasteiger partial charge is 0.457 e. The van der Waals surface area contributed by atoms with Crippen LogP contribution in [0.5, 0.6) is 11.5 Å². The predicted octanol–water partition coefficient (Wildman–Crippen LogP) is 16.9. The highest BCUT2D eigenvalue weighted by atomic mass is 16.5. The molecule has 1 aliphatic rings. The lowest BCUT2D eigenvalue weighted by molar-refractivity contribution is 0.483. The summed E-state index contributed by atoms with van der Waals surface area (Å²) in [6.45, 7) is 6.77. The number of rotatable bonds is 8. The molecule has 3 aromatic heterocycles. The van der Waals surface area contributed by atoms with Crippen LogP contribution in [0.2, 0.25) is 0 Å². The molecule has 0 radical (unpaired) electrons. The van der Waals surface area contributed by atoms with Crippen LogP contribution in [-0.4, -0.2) is 20.8 Å². The van der Waals surface area contributed by atoms with Crippen LogP contribution in [0.1, 0.15) is 38.7 Å². The van der Waals surface area contributed by atoms with Gasteiger partial charge in [-0.25, -0.2) is 4.98 Å². The topological polar surface area (TPSA) is 38.5 Å². The molecule has 1 aliphatic heterocycles. The minimum Gasteiger partial charge on any atom is -0.457 e. The highest BCUT2D eigenvalue weighted by Crippen LogP contribution is 2.50. The molecule has 0 aliphatic carbocycles. The Hall–Kier alpha value is -8.87. The Bertz CT molecular complexity index is 4440. The van der Waals surface area contributed by atoms with Crippen LogP contribution in [-0.2, 0) is 5.41 Å². The zero-order chi connectivity index (χ0) is 54.8. The van der Waals surface area contributed by atoms with Crippen LogP contribution in [0.3, 0.4) is 0 Å². The van der Waals surface area contributed by atoms with Gasteiger partial charge in [0.1, 0.15) is 24.0 Å². The van der Waals surface area contributed by atoms with Gasteiger partial charge in [-0.05, 0) is 101 Å². The van der Waals surface area contributed by atoms with E-state index in [-0.39, 0.29) is 41.3 Å². The summed E-state index contributed by atoms with van der Waals surface area (Å²) in [7, 11) is 0. The number of pyridine rings is 1. The maximum atomic E-state index is 9.09. The van der Waals surface area contributed by atoms with Gasteiger partial charge in [-0.3, -0.25) is 4.57 Å². The number of fused-ring (bicyclic) bond motifs is 7. The van der Waals surface area contributed by atoms with Crippen LogP contribution in [0.25, 0.3) is 77.4 Å². The summed E-state index contributed by atoms with van der Waals surface area (Å²) >= 11 is 0.